The van der Waals surface area contributed by atoms with Gasteiger partial charge < -0.3 is 10.0 Å². The number of benzene rings is 1. The SMILES string of the molecule is CCN(Cc1ccncc1)c1ccc(CO)cc1. The predicted molar refractivity (Wildman–Crippen MR) is 73.3 cm³/mol. The van der Waals surface area contributed by atoms with E-state index in [1.165, 1.54) is 11.3 Å². The zero-order valence-corrected chi connectivity index (χ0v) is 10.6. The molecule has 0 amide bonds. The summed E-state index contributed by atoms with van der Waals surface area (Å²) in [4.78, 5) is 6.32. The number of aliphatic hydroxyl groups is 1. The highest BCUT2D eigenvalue weighted by molar-refractivity contribution is 5.48. The Balaban J connectivity index is 2.12. The smallest absolute Gasteiger partial charge is 0.0681 e. The number of aliphatic hydroxyl groups excluding tert-OH is 1. The van der Waals surface area contributed by atoms with Crippen LogP contribution in [-0.4, -0.2) is 16.6 Å². The van der Waals surface area contributed by atoms with Crippen LogP contribution in [0.2, 0.25) is 0 Å². The van der Waals surface area contributed by atoms with Crippen molar-refractivity contribution in [3.63, 3.8) is 0 Å². The zero-order valence-electron chi connectivity index (χ0n) is 10.6. The number of anilines is 1. The second kappa shape index (κ2) is 6.17. The highest BCUT2D eigenvalue weighted by Crippen LogP contribution is 2.17. The van der Waals surface area contributed by atoms with E-state index in [2.05, 4.69) is 28.9 Å². The minimum atomic E-state index is 0.0940. The fraction of sp³-hybridized carbons (Fsp3) is 0.267. The second-order valence-electron chi connectivity index (χ2n) is 4.19. The summed E-state index contributed by atoms with van der Waals surface area (Å²) >= 11 is 0. The Morgan fingerprint density at radius 3 is 2.22 bits per heavy atom. The van der Waals surface area contributed by atoms with Gasteiger partial charge in [-0.05, 0) is 42.3 Å². The average molecular weight is 242 g/mol. The van der Waals surface area contributed by atoms with E-state index < -0.39 is 0 Å². The third-order valence-corrected chi connectivity index (χ3v) is 2.99. The van der Waals surface area contributed by atoms with Gasteiger partial charge in [-0.25, -0.2) is 0 Å². The van der Waals surface area contributed by atoms with Crippen LogP contribution in [0.15, 0.2) is 48.8 Å². The first-order valence-corrected chi connectivity index (χ1v) is 6.17. The maximum Gasteiger partial charge on any atom is 0.0681 e. The standard InChI is InChI=1S/C15H18N2O/c1-2-17(11-13-7-9-16-10-8-13)15-5-3-14(12-18)4-6-15/h3-10,18H,2,11-12H2,1H3. The van der Waals surface area contributed by atoms with Crippen molar-refractivity contribution in [2.45, 2.75) is 20.1 Å². The Morgan fingerprint density at radius 2 is 1.67 bits per heavy atom. The van der Waals surface area contributed by atoms with E-state index in [0.29, 0.717) is 0 Å². The fourth-order valence-corrected chi connectivity index (χ4v) is 1.91. The molecule has 0 fully saturated rings. The lowest BCUT2D eigenvalue weighted by Gasteiger charge is -2.23. The van der Waals surface area contributed by atoms with E-state index in [-0.39, 0.29) is 6.61 Å². The molecular formula is C15H18N2O. The molecule has 1 aromatic heterocycles. The molecule has 3 nitrogen and oxygen atoms in total. The first-order valence-electron chi connectivity index (χ1n) is 6.17. The lowest BCUT2D eigenvalue weighted by molar-refractivity contribution is 0.282. The van der Waals surface area contributed by atoms with Crippen molar-refractivity contribution >= 4 is 5.69 Å². The zero-order chi connectivity index (χ0) is 12.8. The third kappa shape index (κ3) is 3.08. The molecule has 0 saturated heterocycles. The Morgan fingerprint density at radius 1 is 1.00 bits per heavy atom. The molecule has 18 heavy (non-hydrogen) atoms. The summed E-state index contributed by atoms with van der Waals surface area (Å²) in [6.07, 6.45) is 3.63. The summed E-state index contributed by atoms with van der Waals surface area (Å²) in [5.74, 6) is 0. The van der Waals surface area contributed by atoms with Gasteiger partial charge in [-0.1, -0.05) is 12.1 Å². The lowest BCUT2D eigenvalue weighted by Crippen LogP contribution is -2.21. The summed E-state index contributed by atoms with van der Waals surface area (Å²) < 4.78 is 0. The first kappa shape index (κ1) is 12.6. The maximum absolute atomic E-state index is 9.04. The predicted octanol–water partition coefficient (Wildman–Crippen LogP) is 2.60. The van der Waals surface area contributed by atoms with Crippen molar-refractivity contribution < 1.29 is 5.11 Å². The van der Waals surface area contributed by atoms with Crippen molar-refractivity contribution in [1.29, 1.82) is 0 Å². The van der Waals surface area contributed by atoms with E-state index in [1.54, 1.807) is 0 Å². The number of aromatic nitrogens is 1. The Hall–Kier alpha value is -1.87. The monoisotopic (exact) mass is 242 g/mol. The minimum absolute atomic E-state index is 0.0940. The lowest BCUT2D eigenvalue weighted by atomic mass is 10.2. The normalized spacial score (nSPS) is 10.3. The molecule has 0 aliphatic carbocycles. The van der Waals surface area contributed by atoms with Gasteiger partial charge in [0.05, 0.1) is 6.61 Å². The van der Waals surface area contributed by atoms with Crippen molar-refractivity contribution in [3.05, 3.63) is 59.9 Å². The van der Waals surface area contributed by atoms with E-state index >= 15 is 0 Å². The molecule has 0 bridgehead atoms. The van der Waals surface area contributed by atoms with Gasteiger partial charge in [-0.3, -0.25) is 4.98 Å². The van der Waals surface area contributed by atoms with Gasteiger partial charge in [-0.2, -0.15) is 0 Å². The Labute approximate surface area is 108 Å². The molecule has 3 heteroatoms. The van der Waals surface area contributed by atoms with Gasteiger partial charge in [0, 0.05) is 31.2 Å². The van der Waals surface area contributed by atoms with Crippen molar-refractivity contribution in [1.82, 2.24) is 4.98 Å². The summed E-state index contributed by atoms with van der Waals surface area (Å²) in [5, 5.41) is 9.04. The molecule has 2 aromatic rings. The number of nitrogens with zero attached hydrogens (tertiary/aromatic N) is 2. The van der Waals surface area contributed by atoms with Crippen LogP contribution in [0.1, 0.15) is 18.1 Å². The molecule has 0 aliphatic heterocycles. The number of pyridine rings is 1. The molecule has 1 N–H and O–H groups in total. The van der Waals surface area contributed by atoms with Crippen LogP contribution in [0.25, 0.3) is 0 Å². The van der Waals surface area contributed by atoms with Crippen LogP contribution < -0.4 is 4.90 Å². The number of hydrogen-bond donors (Lipinski definition) is 1. The van der Waals surface area contributed by atoms with Crippen LogP contribution in [0.4, 0.5) is 5.69 Å². The molecule has 1 aromatic carbocycles. The van der Waals surface area contributed by atoms with Crippen LogP contribution in [0, 0.1) is 0 Å². The van der Waals surface area contributed by atoms with Crippen LogP contribution >= 0.6 is 0 Å². The highest BCUT2D eigenvalue weighted by atomic mass is 16.3. The van der Waals surface area contributed by atoms with E-state index in [9.17, 15) is 0 Å². The summed E-state index contributed by atoms with van der Waals surface area (Å²) in [7, 11) is 0. The van der Waals surface area contributed by atoms with Gasteiger partial charge in [0.2, 0.25) is 0 Å². The van der Waals surface area contributed by atoms with Crippen LogP contribution in [0.3, 0.4) is 0 Å². The maximum atomic E-state index is 9.04. The van der Waals surface area contributed by atoms with Gasteiger partial charge >= 0.3 is 0 Å². The van der Waals surface area contributed by atoms with Crippen molar-refractivity contribution in [2.24, 2.45) is 0 Å². The molecule has 0 unspecified atom stereocenters. The van der Waals surface area contributed by atoms with Gasteiger partial charge in [0.25, 0.3) is 0 Å². The summed E-state index contributed by atoms with van der Waals surface area (Å²) in [6.45, 7) is 4.05. The Bertz CT molecular complexity index is 468. The average Bonchev–Trinajstić information content (AvgIpc) is 2.46. The number of rotatable bonds is 5. The van der Waals surface area contributed by atoms with Gasteiger partial charge in [0.1, 0.15) is 0 Å². The molecule has 0 aliphatic rings. The molecule has 1 heterocycles. The van der Waals surface area contributed by atoms with Crippen LogP contribution in [0.5, 0.6) is 0 Å². The van der Waals surface area contributed by atoms with Gasteiger partial charge in [-0.15, -0.1) is 0 Å². The molecule has 0 spiro atoms. The molecule has 94 valence electrons. The van der Waals surface area contributed by atoms with Crippen molar-refractivity contribution in [3.8, 4) is 0 Å². The minimum Gasteiger partial charge on any atom is -0.392 e. The third-order valence-electron chi connectivity index (χ3n) is 2.99. The Kier molecular flexibility index (Phi) is 4.31. The quantitative estimate of drug-likeness (QED) is 0.875. The van der Waals surface area contributed by atoms with Crippen molar-refractivity contribution in [2.75, 3.05) is 11.4 Å². The molecule has 0 atom stereocenters. The molecule has 2 rings (SSSR count). The van der Waals surface area contributed by atoms with E-state index in [1.807, 2.05) is 36.7 Å². The van der Waals surface area contributed by atoms with Crippen LogP contribution in [-0.2, 0) is 13.2 Å². The molecule has 0 saturated carbocycles. The first-order chi connectivity index (χ1) is 8.83. The number of hydrogen-bond acceptors (Lipinski definition) is 3. The fourth-order valence-electron chi connectivity index (χ4n) is 1.91. The largest absolute Gasteiger partial charge is 0.392 e. The van der Waals surface area contributed by atoms with Gasteiger partial charge in [0.15, 0.2) is 0 Å². The van der Waals surface area contributed by atoms with E-state index in [4.69, 9.17) is 5.11 Å². The van der Waals surface area contributed by atoms with E-state index in [0.717, 1.165) is 18.7 Å². The molecular weight excluding hydrogens is 224 g/mol. The molecule has 0 radical (unpaired) electrons. The second-order valence-corrected chi connectivity index (χ2v) is 4.19. The summed E-state index contributed by atoms with van der Waals surface area (Å²) in [5.41, 5.74) is 3.36. The highest BCUT2D eigenvalue weighted by Gasteiger charge is 2.05. The topological polar surface area (TPSA) is 36.4 Å². The summed E-state index contributed by atoms with van der Waals surface area (Å²) in [6, 6.07) is 12.1.